The number of carbonyl (C=O) groups is 1. The molecule has 82 valence electrons. The van der Waals surface area contributed by atoms with Crippen LogP contribution in [0.3, 0.4) is 0 Å². The van der Waals surface area contributed by atoms with Crippen LogP contribution in [0.15, 0.2) is 30.6 Å². The minimum atomic E-state index is -1.04. The molecule has 0 bridgehead atoms. The lowest BCUT2D eigenvalue weighted by Gasteiger charge is -2.08. The van der Waals surface area contributed by atoms with Gasteiger partial charge in [-0.25, -0.2) is 4.79 Å². The standard InChI is InChI=1S/C9H8N4O3/c14-9(15)5-16-8-4-2-1-3-7(8)13-6-10-11-12-13/h1-4,6H,5H2,(H,14,15). The van der Waals surface area contributed by atoms with Crippen molar-refractivity contribution in [2.45, 2.75) is 0 Å². The van der Waals surface area contributed by atoms with Gasteiger partial charge in [-0.1, -0.05) is 12.1 Å². The van der Waals surface area contributed by atoms with Crippen LogP contribution in [0, 0.1) is 0 Å². The van der Waals surface area contributed by atoms with Gasteiger partial charge in [-0.15, -0.1) is 5.10 Å². The van der Waals surface area contributed by atoms with Crippen LogP contribution in [0.25, 0.3) is 5.69 Å². The second kappa shape index (κ2) is 4.39. The summed E-state index contributed by atoms with van der Waals surface area (Å²) in [6, 6.07) is 6.91. The molecule has 0 amide bonds. The molecule has 0 saturated heterocycles. The van der Waals surface area contributed by atoms with Gasteiger partial charge in [0.05, 0.1) is 0 Å². The number of rotatable bonds is 4. The molecule has 2 aromatic rings. The molecule has 2 rings (SSSR count). The Hall–Kier alpha value is -2.44. The van der Waals surface area contributed by atoms with Gasteiger partial charge in [-0.3, -0.25) is 0 Å². The molecule has 0 saturated carbocycles. The van der Waals surface area contributed by atoms with E-state index in [1.807, 2.05) is 0 Å². The average Bonchev–Trinajstić information content (AvgIpc) is 2.80. The number of hydrogen-bond donors (Lipinski definition) is 1. The van der Waals surface area contributed by atoms with Gasteiger partial charge < -0.3 is 9.84 Å². The summed E-state index contributed by atoms with van der Waals surface area (Å²) in [5.74, 6) is -0.622. The molecule has 7 nitrogen and oxygen atoms in total. The summed E-state index contributed by atoms with van der Waals surface area (Å²) in [4.78, 5) is 10.4. The normalized spacial score (nSPS) is 10.0. The number of benzene rings is 1. The zero-order chi connectivity index (χ0) is 11.4. The van der Waals surface area contributed by atoms with E-state index in [0.29, 0.717) is 11.4 Å². The molecule has 0 radical (unpaired) electrons. The zero-order valence-electron chi connectivity index (χ0n) is 8.15. The SMILES string of the molecule is O=C(O)COc1ccccc1-n1cnnn1. The van der Waals surface area contributed by atoms with Crippen molar-refractivity contribution in [3.05, 3.63) is 30.6 Å². The first-order valence-corrected chi connectivity index (χ1v) is 4.44. The van der Waals surface area contributed by atoms with Crippen molar-refractivity contribution in [1.82, 2.24) is 20.2 Å². The van der Waals surface area contributed by atoms with E-state index in [2.05, 4.69) is 15.5 Å². The van der Waals surface area contributed by atoms with Gasteiger partial charge >= 0.3 is 5.97 Å². The Kier molecular flexibility index (Phi) is 2.77. The Morgan fingerprint density at radius 1 is 1.44 bits per heavy atom. The molecule has 1 heterocycles. The Morgan fingerprint density at radius 2 is 2.25 bits per heavy atom. The number of nitrogens with zero attached hydrogens (tertiary/aromatic N) is 4. The smallest absolute Gasteiger partial charge is 0.341 e. The lowest BCUT2D eigenvalue weighted by Crippen LogP contribution is -2.11. The van der Waals surface area contributed by atoms with Crippen molar-refractivity contribution in [1.29, 1.82) is 0 Å². The van der Waals surface area contributed by atoms with Crippen molar-refractivity contribution in [2.24, 2.45) is 0 Å². The maximum absolute atomic E-state index is 10.4. The predicted molar refractivity (Wildman–Crippen MR) is 52.3 cm³/mol. The summed E-state index contributed by atoms with van der Waals surface area (Å²) in [5, 5.41) is 19.2. The van der Waals surface area contributed by atoms with Crippen LogP contribution in [-0.2, 0) is 4.79 Å². The van der Waals surface area contributed by atoms with Gasteiger partial charge in [0, 0.05) is 0 Å². The highest BCUT2D eigenvalue weighted by Crippen LogP contribution is 2.20. The van der Waals surface area contributed by atoms with Crippen molar-refractivity contribution < 1.29 is 14.6 Å². The summed E-state index contributed by atoms with van der Waals surface area (Å²) in [5.41, 5.74) is 0.591. The molecule has 0 aliphatic heterocycles. The van der Waals surface area contributed by atoms with Crippen molar-refractivity contribution in [3.8, 4) is 11.4 Å². The Balaban J connectivity index is 2.27. The fourth-order valence-corrected chi connectivity index (χ4v) is 1.18. The molecular weight excluding hydrogens is 212 g/mol. The number of aromatic nitrogens is 4. The summed E-state index contributed by atoms with van der Waals surface area (Å²) in [6.45, 7) is -0.404. The molecule has 1 aromatic carbocycles. The maximum Gasteiger partial charge on any atom is 0.341 e. The van der Waals surface area contributed by atoms with Crippen molar-refractivity contribution in [3.63, 3.8) is 0 Å². The molecule has 0 unspecified atom stereocenters. The number of ether oxygens (including phenoxy) is 1. The monoisotopic (exact) mass is 220 g/mol. The van der Waals surface area contributed by atoms with E-state index in [9.17, 15) is 4.79 Å². The highest BCUT2D eigenvalue weighted by Gasteiger charge is 2.07. The highest BCUT2D eigenvalue weighted by atomic mass is 16.5. The van der Waals surface area contributed by atoms with E-state index < -0.39 is 12.6 Å². The first-order valence-electron chi connectivity index (χ1n) is 4.44. The van der Waals surface area contributed by atoms with E-state index in [1.165, 1.54) is 11.0 Å². The minimum absolute atomic E-state index is 0.404. The largest absolute Gasteiger partial charge is 0.480 e. The Labute approximate surface area is 90.3 Å². The molecule has 0 aliphatic carbocycles. The van der Waals surface area contributed by atoms with Gasteiger partial charge in [0.1, 0.15) is 17.8 Å². The fraction of sp³-hybridized carbons (Fsp3) is 0.111. The molecule has 0 atom stereocenters. The Morgan fingerprint density at radius 3 is 2.94 bits per heavy atom. The quantitative estimate of drug-likeness (QED) is 0.787. The van der Waals surface area contributed by atoms with Crippen LogP contribution >= 0.6 is 0 Å². The number of carboxylic acids is 1. The second-order valence-electron chi connectivity index (χ2n) is 2.90. The fourth-order valence-electron chi connectivity index (χ4n) is 1.18. The van der Waals surface area contributed by atoms with Gasteiger partial charge in [0.25, 0.3) is 0 Å². The molecule has 16 heavy (non-hydrogen) atoms. The second-order valence-corrected chi connectivity index (χ2v) is 2.90. The Bertz CT molecular complexity index is 483. The molecule has 0 aliphatic rings. The van der Waals surface area contributed by atoms with Crippen molar-refractivity contribution in [2.75, 3.05) is 6.61 Å². The zero-order valence-corrected chi connectivity index (χ0v) is 8.15. The van der Waals surface area contributed by atoms with Crippen LogP contribution in [0.5, 0.6) is 5.75 Å². The van der Waals surface area contributed by atoms with Crippen LogP contribution in [0.2, 0.25) is 0 Å². The molecule has 0 spiro atoms. The van der Waals surface area contributed by atoms with Gasteiger partial charge in [0.15, 0.2) is 6.61 Å². The predicted octanol–water partition coefficient (Wildman–Crippen LogP) is 0.126. The third-order valence-corrected chi connectivity index (χ3v) is 1.81. The van der Waals surface area contributed by atoms with Crippen LogP contribution < -0.4 is 4.74 Å². The number of hydrogen-bond acceptors (Lipinski definition) is 5. The molecule has 1 N–H and O–H groups in total. The molecule has 7 heteroatoms. The summed E-state index contributed by atoms with van der Waals surface area (Å²) in [7, 11) is 0. The van der Waals surface area contributed by atoms with Gasteiger partial charge in [-0.05, 0) is 22.6 Å². The average molecular weight is 220 g/mol. The van der Waals surface area contributed by atoms with E-state index in [4.69, 9.17) is 9.84 Å². The number of aliphatic carboxylic acids is 1. The lowest BCUT2D eigenvalue weighted by molar-refractivity contribution is -0.139. The first-order chi connectivity index (χ1) is 7.77. The summed E-state index contributed by atoms with van der Waals surface area (Å²) >= 11 is 0. The van der Waals surface area contributed by atoms with E-state index in [-0.39, 0.29) is 0 Å². The minimum Gasteiger partial charge on any atom is -0.480 e. The topological polar surface area (TPSA) is 90.1 Å². The number of para-hydroxylation sites is 2. The third kappa shape index (κ3) is 2.14. The van der Waals surface area contributed by atoms with Crippen LogP contribution in [-0.4, -0.2) is 37.9 Å². The van der Waals surface area contributed by atoms with E-state index in [1.54, 1.807) is 24.3 Å². The third-order valence-electron chi connectivity index (χ3n) is 1.81. The first kappa shape index (κ1) is 10.1. The maximum atomic E-state index is 10.4. The van der Waals surface area contributed by atoms with Gasteiger partial charge in [-0.2, -0.15) is 4.68 Å². The van der Waals surface area contributed by atoms with Gasteiger partial charge in [0.2, 0.25) is 0 Å². The highest BCUT2D eigenvalue weighted by molar-refractivity contribution is 5.68. The summed E-state index contributed by atoms with van der Waals surface area (Å²) < 4.78 is 6.51. The van der Waals surface area contributed by atoms with E-state index >= 15 is 0 Å². The van der Waals surface area contributed by atoms with Crippen LogP contribution in [0.1, 0.15) is 0 Å². The number of tetrazole rings is 1. The van der Waals surface area contributed by atoms with Crippen LogP contribution in [0.4, 0.5) is 0 Å². The molecule has 1 aromatic heterocycles. The van der Waals surface area contributed by atoms with E-state index in [0.717, 1.165) is 0 Å². The summed E-state index contributed by atoms with van der Waals surface area (Å²) in [6.07, 6.45) is 1.41. The molecule has 0 fully saturated rings. The van der Waals surface area contributed by atoms with Crippen molar-refractivity contribution >= 4 is 5.97 Å². The molecular formula is C9H8N4O3. The number of carboxylic acid groups (broad SMARTS) is 1. The lowest BCUT2D eigenvalue weighted by atomic mass is 10.3.